The normalized spacial score (nSPS) is 11.6. The first kappa shape index (κ1) is 17.1. The molecular weight excluding hydrogens is 380 g/mol. The molecule has 3 aromatic carbocycles. The number of hydrogen-bond donors (Lipinski definition) is 0. The van der Waals surface area contributed by atoms with Crippen LogP contribution in [0.25, 0.3) is 0 Å². The maximum Gasteiger partial charge on any atom is 0.339 e. The van der Waals surface area contributed by atoms with Gasteiger partial charge in [-0.25, -0.2) is 4.79 Å². The van der Waals surface area contributed by atoms with Gasteiger partial charge >= 0.3 is 5.97 Å². The second-order valence-corrected chi connectivity index (χ2v) is 6.35. The molecule has 0 aromatic heterocycles. The first-order valence-corrected chi connectivity index (χ1v) is 8.55. The molecule has 3 rings (SSSR count). The van der Waals surface area contributed by atoms with Crippen molar-refractivity contribution in [1.29, 1.82) is 0 Å². The van der Waals surface area contributed by atoms with Gasteiger partial charge in [-0.05, 0) is 24.3 Å². The highest BCUT2D eigenvalue weighted by Gasteiger charge is 2.26. The van der Waals surface area contributed by atoms with Gasteiger partial charge in [0.15, 0.2) is 6.10 Å². The van der Waals surface area contributed by atoms with Crippen molar-refractivity contribution in [1.82, 2.24) is 0 Å². The lowest BCUT2D eigenvalue weighted by Crippen LogP contribution is -2.20. The van der Waals surface area contributed by atoms with Gasteiger partial charge in [0.25, 0.3) is 0 Å². The highest BCUT2D eigenvalue weighted by atomic mass is 79.9. The molecule has 3 nitrogen and oxygen atoms in total. The Balaban J connectivity index is 1.90. The Kier molecular flexibility index (Phi) is 5.41. The first-order chi connectivity index (χ1) is 12.1. The summed E-state index contributed by atoms with van der Waals surface area (Å²) < 4.78 is 6.44. The predicted molar refractivity (Wildman–Crippen MR) is 99.5 cm³/mol. The molecule has 3 aromatic rings. The predicted octanol–water partition coefficient (Wildman–Crippen LogP) is 5.23. The van der Waals surface area contributed by atoms with E-state index in [1.54, 1.807) is 60.7 Å². The minimum absolute atomic E-state index is 0.253. The van der Waals surface area contributed by atoms with E-state index < -0.39 is 12.1 Å². The Morgan fingerprint density at radius 1 is 0.720 bits per heavy atom. The maximum atomic E-state index is 12.9. The van der Waals surface area contributed by atoms with Crippen molar-refractivity contribution in [3.05, 3.63) is 106 Å². The zero-order valence-corrected chi connectivity index (χ0v) is 14.8. The fraction of sp³-hybridized carbons (Fsp3) is 0.0476. The van der Waals surface area contributed by atoms with Crippen molar-refractivity contribution in [3.63, 3.8) is 0 Å². The van der Waals surface area contributed by atoms with Gasteiger partial charge in [-0.2, -0.15) is 0 Å². The van der Waals surface area contributed by atoms with Crippen LogP contribution < -0.4 is 0 Å². The molecule has 124 valence electrons. The molecule has 0 saturated heterocycles. The molecule has 0 aliphatic carbocycles. The lowest BCUT2D eigenvalue weighted by atomic mass is 10.00. The Morgan fingerprint density at radius 2 is 1.28 bits per heavy atom. The van der Waals surface area contributed by atoms with Crippen molar-refractivity contribution in [2.45, 2.75) is 6.10 Å². The first-order valence-electron chi connectivity index (χ1n) is 7.76. The van der Waals surface area contributed by atoms with Gasteiger partial charge in [0.2, 0.25) is 5.78 Å². The number of rotatable bonds is 5. The topological polar surface area (TPSA) is 43.4 Å². The zero-order valence-electron chi connectivity index (χ0n) is 13.3. The maximum absolute atomic E-state index is 12.9. The third-order valence-corrected chi connectivity index (χ3v) is 4.23. The number of ketones is 1. The molecular formula is C21H15BrO3. The molecule has 25 heavy (non-hydrogen) atoms. The van der Waals surface area contributed by atoms with Crippen molar-refractivity contribution >= 4 is 27.7 Å². The summed E-state index contributed by atoms with van der Waals surface area (Å²) >= 11 is 3.33. The van der Waals surface area contributed by atoms with E-state index >= 15 is 0 Å². The van der Waals surface area contributed by atoms with E-state index in [0.29, 0.717) is 16.7 Å². The molecule has 0 bridgehead atoms. The third kappa shape index (κ3) is 4.22. The lowest BCUT2D eigenvalue weighted by Gasteiger charge is -2.17. The van der Waals surface area contributed by atoms with Crippen LogP contribution in [0.3, 0.4) is 0 Å². The summed E-state index contributed by atoms with van der Waals surface area (Å²) in [6.45, 7) is 0. The van der Waals surface area contributed by atoms with E-state index in [0.717, 1.165) is 4.47 Å². The van der Waals surface area contributed by atoms with Crippen LogP contribution in [0.5, 0.6) is 0 Å². The van der Waals surface area contributed by atoms with Crippen molar-refractivity contribution in [3.8, 4) is 0 Å². The average molecular weight is 395 g/mol. The monoisotopic (exact) mass is 394 g/mol. The van der Waals surface area contributed by atoms with Gasteiger partial charge in [0, 0.05) is 15.6 Å². The highest BCUT2D eigenvalue weighted by Crippen LogP contribution is 2.24. The standard InChI is InChI=1S/C21H15BrO3/c22-18-13-11-17(12-14-18)21(24)25-20(16-9-5-2-6-10-16)19(23)15-7-3-1-4-8-15/h1-14,20H. The number of carbonyl (C=O) groups excluding carboxylic acids is 2. The lowest BCUT2D eigenvalue weighted by molar-refractivity contribution is 0.0280. The second-order valence-electron chi connectivity index (χ2n) is 5.43. The van der Waals surface area contributed by atoms with Gasteiger partial charge in [0.05, 0.1) is 5.56 Å². The molecule has 1 unspecified atom stereocenters. The number of carbonyl (C=O) groups is 2. The Morgan fingerprint density at radius 3 is 1.88 bits per heavy atom. The minimum atomic E-state index is -0.986. The summed E-state index contributed by atoms with van der Waals surface area (Å²) in [7, 11) is 0. The third-order valence-electron chi connectivity index (χ3n) is 3.70. The summed E-state index contributed by atoms with van der Waals surface area (Å²) in [5.74, 6) is -0.789. The molecule has 1 atom stereocenters. The molecule has 0 amide bonds. The van der Waals surface area contributed by atoms with Crippen LogP contribution in [0.2, 0.25) is 0 Å². The van der Waals surface area contributed by atoms with Crippen LogP contribution in [0.15, 0.2) is 89.4 Å². The summed E-state index contributed by atoms with van der Waals surface area (Å²) in [4.78, 5) is 25.4. The molecule has 0 aliphatic rings. The Bertz CT molecular complexity index is 859. The molecule has 4 heteroatoms. The minimum Gasteiger partial charge on any atom is -0.445 e. The smallest absolute Gasteiger partial charge is 0.339 e. The number of halogens is 1. The fourth-order valence-corrected chi connectivity index (χ4v) is 2.68. The highest BCUT2D eigenvalue weighted by molar-refractivity contribution is 9.10. The van der Waals surface area contributed by atoms with Crippen LogP contribution in [0.4, 0.5) is 0 Å². The van der Waals surface area contributed by atoms with E-state index in [2.05, 4.69) is 15.9 Å². The number of hydrogen-bond acceptors (Lipinski definition) is 3. The summed E-state index contributed by atoms with van der Waals surface area (Å²) in [6, 6.07) is 24.7. The van der Waals surface area contributed by atoms with E-state index in [1.807, 2.05) is 24.3 Å². The quantitative estimate of drug-likeness (QED) is 0.439. The zero-order chi connectivity index (χ0) is 17.6. The van der Waals surface area contributed by atoms with Crippen LogP contribution in [-0.4, -0.2) is 11.8 Å². The molecule has 0 saturated carbocycles. The second kappa shape index (κ2) is 7.90. The van der Waals surface area contributed by atoms with Crippen LogP contribution >= 0.6 is 15.9 Å². The molecule has 0 radical (unpaired) electrons. The number of benzene rings is 3. The Labute approximate surface area is 154 Å². The van der Waals surface area contributed by atoms with Gasteiger partial charge in [-0.15, -0.1) is 0 Å². The van der Waals surface area contributed by atoms with Gasteiger partial charge in [0.1, 0.15) is 0 Å². The SMILES string of the molecule is O=C(OC(C(=O)c1ccccc1)c1ccccc1)c1ccc(Br)cc1. The number of esters is 1. The average Bonchev–Trinajstić information content (AvgIpc) is 2.67. The molecule has 0 spiro atoms. The summed E-state index contributed by atoms with van der Waals surface area (Å²) in [5, 5.41) is 0. The molecule has 0 N–H and O–H groups in total. The largest absolute Gasteiger partial charge is 0.445 e. The summed E-state index contributed by atoms with van der Waals surface area (Å²) in [5.41, 5.74) is 1.53. The van der Waals surface area contributed by atoms with Gasteiger partial charge in [-0.3, -0.25) is 4.79 Å². The van der Waals surface area contributed by atoms with Crippen LogP contribution in [0.1, 0.15) is 32.4 Å². The van der Waals surface area contributed by atoms with E-state index in [1.165, 1.54) is 0 Å². The van der Waals surface area contributed by atoms with E-state index in [4.69, 9.17) is 4.74 Å². The van der Waals surface area contributed by atoms with Crippen LogP contribution in [-0.2, 0) is 4.74 Å². The summed E-state index contributed by atoms with van der Waals surface area (Å²) in [6.07, 6.45) is -0.986. The molecule has 0 fully saturated rings. The molecule has 0 aliphatic heterocycles. The van der Waals surface area contributed by atoms with Crippen molar-refractivity contribution in [2.24, 2.45) is 0 Å². The Hall–Kier alpha value is -2.72. The van der Waals surface area contributed by atoms with Crippen LogP contribution in [0, 0.1) is 0 Å². The van der Waals surface area contributed by atoms with E-state index in [9.17, 15) is 9.59 Å². The fourth-order valence-electron chi connectivity index (χ4n) is 2.42. The number of ether oxygens (including phenoxy) is 1. The number of Topliss-reactive ketones (excluding diaryl/α,β-unsaturated/α-hetero) is 1. The van der Waals surface area contributed by atoms with E-state index in [-0.39, 0.29) is 5.78 Å². The van der Waals surface area contributed by atoms with Crippen molar-refractivity contribution < 1.29 is 14.3 Å². The van der Waals surface area contributed by atoms with Gasteiger partial charge < -0.3 is 4.74 Å². The van der Waals surface area contributed by atoms with Crippen molar-refractivity contribution in [2.75, 3.05) is 0 Å². The molecule has 0 heterocycles. The van der Waals surface area contributed by atoms with Gasteiger partial charge in [-0.1, -0.05) is 76.6 Å².